The molecule has 0 spiro atoms. The third kappa shape index (κ3) is 11.7. The minimum absolute atomic E-state index is 0. The van der Waals surface area contributed by atoms with Gasteiger partial charge in [0.2, 0.25) is 0 Å². The number of benzene rings is 2. The Morgan fingerprint density at radius 3 is 2.52 bits per heavy atom. The second-order valence-corrected chi connectivity index (χ2v) is 7.66. The zero-order valence-corrected chi connectivity index (χ0v) is 22.3. The van der Waals surface area contributed by atoms with E-state index in [1.165, 1.54) is 0 Å². The van der Waals surface area contributed by atoms with Crippen molar-refractivity contribution < 1.29 is 14.6 Å². The zero-order chi connectivity index (χ0) is 23.0. The molecular weight excluding hydrogens is 531 g/mol. The molecule has 0 aromatic heterocycles. The topological polar surface area (TPSA) is 78.4 Å². The van der Waals surface area contributed by atoms with E-state index in [0.29, 0.717) is 19.7 Å². The Balaban J connectivity index is 0.00000544. The van der Waals surface area contributed by atoms with Crippen LogP contribution in [0.15, 0.2) is 59.6 Å². The number of rotatable bonds is 14. The Labute approximate surface area is 215 Å². The Morgan fingerprint density at radius 2 is 1.82 bits per heavy atom. The first kappa shape index (κ1) is 29.2. The maximum atomic E-state index is 9.78. The molecule has 33 heavy (non-hydrogen) atoms. The van der Waals surface area contributed by atoms with Crippen molar-refractivity contribution in [3.8, 4) is 5.75 Å². The molecule has 1 unspecified atom stereocenters. The summed E-state index contributed by atoms with van der Waals surface area (Å²) in [4.78, 5) is 6.88. The number of aliphatic imine (C=N–C) groups is 1. The van der Waals surface area contributed by atoms with Gasteiger partial charge in [0.05, 0.1) is 19.8 Å². The van der Waals surface area contributed by atoms with Crippen molar-refractivity contribution >= 4 is 29.9 Å². The average Bonchev–Trinajstić information content (AvgIpc) is 2.82. The van der Waals surface area contributed by atoms with Gasteiger partial charge in [0, 0.05) is 39.2 Å². The van der Waals surface area contributed by atoms with Gasteiger partial charge in [-0.3, -0.25) is 0 Å². The first-order valence-corrected chi connectivity index (χ1v) is 11.2. The third-order valence-electron chi connectivity index (χ3n) is 5.09. The molecular formula is C25H39IN4O3. The van der Waals surface area contributed by atoms with Gasteiger partial charge in [-0.25, -0.2) is 4.99 Å². The molecule has 0 aliphatic carbocycles. The number of hydrogen-bond acceptors (Lipinski definition) is 5. The molecule has 184 valence electrons. The fraction of sp³-hybridized carbons (Fsp3) is 0.480. The Morgan fingerprint density at radius 1 is 1.06 bits per heavy atom. The van der Waals surface area contributed by atoms with Gasteiger partial charge in [0.1, 0.15) is 12.4 Å². The molecule has 0 amide bonds. The molecule has 1 atom stereocenters. The molecule has 2 rings (SSSR count). The highest BCUT2D eigenvalue weighted by atomic mass is 127. The smallest absolute Gasteiger partial charge is 0.191 e. The van der Waals surface area contributed by atoms with Gasteiger partial charge in [-0.2, -0.15) is 0 Å². The van der Waals surface area contributed by atoms with Crippen molar-refractivity contribution in [1.82, 2.24) is 15.5 Å². The van der Waals surface area contributed by atoms with Crippen molar-refractivity contribution in [1.29, 1.82) is 0 Å². The van der Waals surface area contributed by atoms with Gasteiger partial charge in [-0.1, -0.05) is 42.5 Å². The van der Waals surface area contributed by atoms with Gasteiger partial charge in [-0.15, -0.1) is 24.0 Å². The minimum Gasteiger partial charge on any atom is -0.492 e. The van der Waals surface area contributed by atoms with Crippen molar-refractivity contribution in [2.24, 2.45) is 4.99 Å². The Hall–Kier alpha value is -1.88. The average molecular weight is 571 g/mol. The summed E-state index contributed by atoms with van der Waals surface area (Å²) < 4.78 is 11.0. The van der Waals surface area contributed by atoms with E-state index in [9.17, 15) is 5.11 Å². The van der Waals surface area contributed by atoms with E-state index in [-0.39, 0.29) is 36.5 Å². The summed E-state index contributed by atoms with van der Waals surface area (Å²) in [5.41, 5.74) is 2.19. The molecule has 0 radical (unpaired) electrons. The van der Waals surface area contributed by atoms with Crippen LogP contribution >= 0.6 is 24.0 Å². The summed E-state index contributed by atoms with van der Waals surface area (Å²) in [6.45, 7) is 7.09. The monoisotopic (exact) mass is 570 g/mol. The summed E-state index contributed by atoms with van der Waals surface area (Å²) in [6.07, 6.45) is 0. The molecule has 7 nitrogen and oxygen atoms in total. The van der Waals surface area contributed by atoms with Crippen LogP contribution in [0, 0.1) is 0 Å². The van der Waals surface area contributed by atoms with E-state index in [1.807, 2.05) is 61.5 Å². The Bertz CT molecular complexity index is 792. The van der Waals surface area contributed by atoms with E-state index < -0.39 is 0 Å². The maximum absolute atomic E-state index is 9.78. The second kappa shape index (κ2) is 17.6. The largest absolute Gasteiger partial charge is 0.492 e. The summed E-state index contributed by atoms with van der Waals surface area (Å²) in [7, 11) is 3.77. The number of guanidine groups is 1. The van der Waals surface area contributed by atoms with Crippen LogP contribution in [0.1, 0.15) is 24.0 Å². The highest BCUT2D eigenvalue weighted by Gasteiger charge is 2.11. The molecule has 8 heteroatoms. The normalized spacial score (nSPS) is 12.2. The number of aliphatic hydroxyl groups excluding tert-OH is 1. The molecule has 3 N–H and O–H groups in total. The standard InChI is InChI=1S/C25H38N4O3.HI/c1-4-26-25(28-19-23(20-30)22-10-6-5-7-11-22)27-18-21-9-8-12-24(17-21)32-16-14-29(2)13-15-31-3;/h5-12,17,23,30H,4,13-16,18-20H2,1-3H3,(H2,26,27,28);1H. The number of halogens is 1. The number of methoxy groups -OCH3 is 1. The predicted octanol–water partition coefficient (Wildman–Crippen LogP) is 3.09. The summed E-state index contributed by atoms with van der Waals surface area (Å²) in [5.74, 6) is 1.59. The van der Waals surface area contributed by atoms with Crippen LogP contribution in [0.5, 0.6) is 5.75 Å². The van der Waals surface area contributed by atoms with E-state index in [2.05, 4.69) is 22.6 Å². The lowest BCUT2D eigenvalue weighted by atomic mass is 10.0. The van der Waals surface area contributed by atoms with Crippen LogP contribution in [-0.4, -0.2) is 76.1 Å². The highest BCUT2D eigenvalue weighted by Crippen LogP contribution is 2.15. The van der Waals surface area contributed by atoms with Gasteiger partial charge in [0.15, 0.2) is 5.96 Å². The fourth-order valence-corrected chi connectivity index (χ4v) is 3.16. The highest BCUT2D eigenvalue weighted by molar-refractivity contribution is 14.0. The first-order valence-electron chi connectivity index (χ1n) is 11.2. The van der Waals surface area contributed by atoms with E-state index in [4.69, 9.17) is 14.5 Å². The first-order chi connectivity index (χ1) is 15.7. The number of ether oxygens (including phenoxy) is 2. The number of nitrogens with zero attached hydrogens (tertiary/aromatic N) is 2. The fourth-order valence-electron chi connectivity index (χ4n) is 3.16. The molecule has 0 aliphatic rings. The lowest BCUT2D eigenvalue weighted by molar-refractivity contribution is 0.150. The van der Waals surface area contributed by atoms with Crippen molar-refractivity contribution in [2.75, 3.05) is 60.2 Å². The van der Waals surface area contributed by atoms with Crippen LogP contribution in [-0.2, 0) is 11.3 Å². The molecule has 0 aliphatic heterocycles. The zero-order valence-electron chi connectivity index (χ0n) is 20.0. The quantitative estimate of drug-likeness (QED) is 0.184. The van der Waals surface area contributed by atoms with Gasteiger partial charge in [-0.05, 0) is 37.2 Å². The molecule has 2 aromatic rings. The van der Waals surface area contributed by atoms with E-state index in [1.54, 1.807) is 7.11 Å². The SMILES string of the molecule is CCNC(=NCc1cccc(OCCN(C)CCOC)c1)NCC(CO)c1ccccc1.I. The van der Waals surface area contributed by atoms with Crippen LogP contribution < -0.4 is 15.4 Å². The number of aliphatic hydroxyl groups is 1. The van der Waals surface area contributed by atoms with Crippen LogP contribution in [0.2, 0.25) is 0 Å². The number of hydrogen-bond donors (Lipinski definition) is 3. The second-order valence-electron chi connectivity index (χ2n) is 7.66. The molecule has 0 saturated heterocycles. The third-order valence-corrected chi connectivity index (χ3v) is 5.09. The van der Waals surface area contributed by atoms with Gasteiger partial charge in [0.25, 0.3) is 0 Å². The molecule has 0 bridgehead atoms. The van der Waals surface area contributed by atoms with Gasteiger partial charge < -0.3 is 30.1 Å². The van der Waals surface area contributed by atoms with Crippen LogP contribution in [0.4, 0.5) is 0 Å². The van der Waals surface area contributed by atoms with Crippen LogP contribution in [0.3, 0.4) is 0 Å². The molecule has 0 heterocycles. The van der Waals surface area contributed by atoms with Gasteiger partial charge >= 0.3 is 0 Å². The summed E-state index contributed by atoms with van der Waals surface area (Å²) in [5, 5.41) is 16.4. The Kier molecular flexibility index (Phi) is 15.5. The molecule has 0 fully saturated rings. The number of nitrogens with one attached hydrogen (secondary N) is 2. The lowest BCUT2D eigenvalue weighted by Gasteiger charge is -2.18. The van der Waals surface area contributed by atoms with E-state index >= 15 is 0 Å². The molecule has 2 aromatic carbocycles. The lowest BCUT2D eigenvalue weighted by Crippen LogP contribution is -2.39. The minimum atomic E-state index is 0. The molecule has 0 saturated carbocycles. The van der Waals surface area contributed by atoms with E-state index in [0.717, 1.165) is 49.1 Å². The summed E-state index contributed by atoms with van der Waals surface area (Å²) >= 11 is 0. The number of likely N-dealkylation sites (N-methyl/N-ethyl adjacent to an activating group) is 1. The van der Waals surface area contributed by atoms with Crippen molar-refractivity contribution in [2.45, 2.75) is 19.4 Å². The summed E-state index contributed by atoms with van der Waals surface area (Å²) in [6, 6.07) is 18.1. The van der Waals surface area contributed by atoms with Crippen LogP contribution in [0.25, 0.3) is 0 Å². The predicted molar refractivity (Wildman–Crippen MR) is 146 cm³/mol. The van der Waals surface area contributed by atoms with Crippen molar-refractivity contribution in [3.05, 3.63) is 65.7 Å². The maximum Gasteiger partial charge on any atom is 0.191 e. The van der Waals surface area contributed by atoms with Crippen molar-refractivity contribution in [3.63, 3.8) is 0 Å².